The van der Waals surface area contributed by atoms with Gasteiger partial charge in [-0.15, -0.1) is 0 Å². The standard InChI is InChI=1S/C15H17N2/c1-14-9-5-6-10-15(14)17-12-8-4-3-7-11-16(2)13-17/h3-13H,1-2H3/q+1. The van der Waals surface area contributed by atoms with Gasteiger partial charge >= 0.3 is 0 Å². The summed E-state index contributed by atoms with van der Waals surface area (Å²) in [6, 6.07) is 16.4. The van der Waals surface area contributed by atoms with Crippen LogP contribution in [0.1, 0.15) is 5.56 Å². The fourth-order valence-corrected chi connectivity index (χ4v) is 1.72. The predicted molar refractivity (Wildman–Crippen MR) is 69.3 cm³/mol. The quantitative estimate of drug-likeness (QED) is 0.660. The molecule has 0 N–H and O–H groups in total. The van der Waals surface area contributed by atoms with E-state index in [0.29, 0.717) is 0 Å². The maximum atomic E-state index is 2.12. The van der Waals surface area contributed by atoms with E-state index in [1.807, 2.05) is 42.1 Å². The molecule has 2 rings (SSSR count). The van der Waals surface area contributed by atoms with Gasteiger partial charge in [-0.1, -0.05) is 30.3 Å². The molecule has 1 aromatic heterocycles. The topological polar surface area (TPSA) is 8.81 Å². The van der Waals surface area contributed by atoms with Crippen molar-refractivity contribution < 1.29 is 4.57 Å². The molecule has 17 heavy (non-hydrogen) atoms. The van der Waals surface area contributed by atoms with E-state index in [1.165, 1.54) is 11.3 Å². The summed E-state index contributed by atoms with van der Waals surface area (Å²) in [7, 11) is 2.02. The molecule has 0 fully saturated rings. The first-order valence-corrected chi connectivity index (χ1v) is 5.70. The molecule has 0 saturated carbocycles. The molecule has 0 spiro atoms. The first-order valence-electron chi connectivity index (χ1n) is 5.70. The summed E-state index contributed by atoms with van der Waals surface area (Å²) >= 11 is 0. The Kier molecular flexibility index (Phi) is 3.55. The second-order valence-electron chi connectivity index (χ2n) is 4.04. The number of aryl methyl sites for hydroxylation is 2. The number of hydrogen-bond acceptors (Lipinski definition) is 0. The van der Waals surface area contributed by atoms with E-state index in [4.69, 9.17) is 0 Å². The highest BCUT2D eigenvalue weighted by Gasteiger charge is 2.02. The molecule has 0 aliphatic heterocycles. The Bertz CT molecular complexity index is 554. The molecule has 86 valence electrons. The zero-order valence-corrected chi connectivity index (χ0v) is 10.2. The van der Waals surface area contributed by atoms with Crippen LogP contribution in [0.15, 0.2) is 67.3 Å². The van der Waals surface area contributed by atoms with E-state index in [2.05, 4.69) is 48.3 Å². The lowest BCUT2D eigenvalue weighted by Crippen LogP contribution is -2.27. The third-order valence-electron chi connectivity index (χ3n) is 2.60. The monoisotopic (exact) mass is 225 g/mol. The predicted octanol–water partition coefficient (Wildman–Crippen LogP) is 2.73. The Morgan fingerprint density at radius 1 is 0.941 bits per heavy atom. The molecule has 2 nitrogen and oxygen atoms in total. The van der Waals surface area contributed by atoms with Crippen molar-refractivity contribution in [3.05, 3.63) is 72.8 Å². The molecule has 0 bridgehead atoms. The molecule has 0 aliphatic carbocycles. The average molecular weight is 225 g/mol. The van der Waals surface area contributed by atoms with Crippen LogP contribution in [0.25, 0.3) is 5.69 Å². The van der Waals surface area contributed by atoms with Crippen molar-refractivity contribution in [1.29, 1.82) is 0 Å². The number of hydrogen-bond donors (Lipinski definition) is 0. The van der Waals surface area contributed by atoms with Gasteiger partial charge in [-0.05, 0) is 30.7 Å². The number of para-hydroxylation sites is 1. The normalized spacial score (nSPS) is 9.76. The molecule has 0 atom stereocenters. The van der Waals surface area contributed by atoms with Crippen LogP contribution in [0.5, 0.6) is 0 Å². The van der Waals surface area contributed by atoms with Gasteiger partial charge in [0.05, 0.1) is 19.4 Å². The van der Waals surface area contributed by atoms with E-state index in [0.717, 1.165) is 0 Å². The van der Waals surface area contributed by atoms with Crippen LogP contribution in [-0.2, 0) is 7.05 Å². The Labute approximate surface area is 102 Å². The van der Waals surface area contributed by atoms with Crippen molar-refractivity contribution in [3.63, 3.8) is 0 Å². The highest BCUT2D eigenvalue weighted by molar-refractivity contribution is 5.39. The zero-order valence-electron chi connectivity index (χ0n) is 10.2. The van der Waals surface area contributed by atoms with Gasteiger partial charge in [-0.3, -0.25) is 0 Å². The molecule has 0 radical (unpaired) electrons. The van der Waals surface area contributed by atoms with Gasteiger partial charge in [0.15, 0.2) is 0 Å². The zero-order chi connectivity index (χ0) is 12.1. The van der Waals surface area contributed by atoms with Gasteiger partial charge < -0.3 is 0 Å². The van der Waals surface area contributed by atoms with Crippen LogP contribution in [0.4, 0.5) is 0 Å². The molecule has 1 heterocycles. The smallest absolute Gasteiger partial charge is 0.243 e. The van der Waals surface area contributed by atoms with Gasteiger partial charge in [-0.25, -0.2) is 9.13 Å². The number of rotatable bonds is 1. The summed E-state index contributed by atoms with van der Waals surface area (Å²) in [4.78, 5) is 0. The van der Waals surface area contributed by atoms with Gasteiger partial charge in [0.2, 0.25) is 6.33 Å². The van der Waals surface area contributed by atoms with E-state index in [9.17, 15) is 0 Å². The largest absolute Gasteiger partial charge is 0.248 e. The lowest BCUT2D eigenvalue weighted by Gasteiger charge is -2.01. The third-order valence-corrected chi connectivity index (χ3v) is 2.60. The fraction of sp³-hybridized carbons (Fsp3) is 0.133. The summed E-state index contributed by atoms with van der Waals surface area (Å²) in [5.74, 6) is 0. The van der Waals surface area contributed by atoms with E-state index in [-0.39, 0.29) is 0 Å². The summed E-state index contributed by atoms with van der Waals surface area (Å²) in [5, 5.41) is 0. The van der Waals surface area contributed by atoms with Crippen LogP contribution >= 0.6 is 0 Å². The molecule has 2 heteroatoms. The Balaban J connectivity index is 2.65. The van der Waals surface area contributed by atoms with Crippen molar-refractivity contribution in [2.75, 3.05) is 0 Å². The highest BCUT2D eigenvalue weighted by atomic mass is 15.1. The Morgan fingerprint density at radius 3 is 2.53 bits per heavy atom. The van der Waals surface area contributed by atoms with Crippen molar-refractivity contribution in [1.82, 2.24) is 4.57 Å². The minimum Gasteiger partial charge on any atom is -0.243 e. The maximum Gasteiger partial charge on any atom is 0.248 e. The van der Waals surface area contributed by atoms with E-state index >= 15 is 0 Å². The van der Waals surface area contributed by atoms with Gasteiger partial charge in [0, 0.05) is 0 Å². The molecule has 0 aliphatic rings. The lowest BCUT2D eigenvalue weighted by atomic mass is 10.2. The van der Waals surface area contributed by atoms with Gasteiger partial charge in [0.1, 0.15) is 5.69 Å². The van der Waals surface area contributed by atoms with Crippen molar-refractivity contribution in [2.24, 2.45) is 7.05 Å². The molecule has 1 aromatic carbocycles. The second-order valence-corrected chi connectivity index (χ2v) is 4.04. The molecule has 2 aromatic rings. The van der Waals surface area contributed by atoms with Crippen LogP contribution in [0.2, 0.25) is 0 Å². The minimum absolute atomic E-state index is 1.19. The molecular weight excluding hydrogens is 208 g/mol. The number of nitrogens with zero attached hydrogens (tertiary/aromatic N) is 2. The first kappa shape index (κ1) is 11.4. The third kappa shape index (κ3) is 2.94. The number of aromatic nitrogens is 2. The Morgan fingerprint density at radius 2 is 1.71 bits per heavy atom. The van der Waals surface area contributed by atoms with Crippen molar-refractivity contribution in [3.8, 4) is 5.69 Å². The number of benzene rings is 1. The van der Waals surface area contributed by atoms with Crippen LogP contribution in [0, 0.1) is 6.92 Å². The SMILES string of the molecule is Cc1ccccc1-n1cccccc[n+](C)c1. The van der Waals surface area contributed by atoms with Gasteiger partial charge in [0.25, 0.3) is 0 Å². The molecule has 0 saturated heterocycles. The summed E-state index contributed by atoms with van der Waals surface area (Å²) in [5.41, 5.74) is 2.45. The highest BCUT2D eigenvalue weighted by Crippen LogP contribution is 2.10. The fourth-order valence-electron chi connectivity index (χ4n) is 1.72. The summed E-state index contributed by atoms with van der Waals surface area (Å²) < 4.78 is 4.15. The Hall–Kier alpha value is -2.09. The first-order chi connectivity index (χ1) is 8.27. The maximum absolute atomic E-state index is 2.12. The van der Waals surface area contributed by atoms with Gasteiger partial charge in [-0.2, -0.15) is 0 Å². The van der Waals surface area contributed by atoms with E-state index < -0.39 is 0 Å². The van der Waals surface area contributed by atoms with Crippen LogP contribution < -0.4 is 4.57 Å². The molecular formula is C15H17N2+. The second kappa shape index (κ2) is 5.30. The van der Waals surface area contributed by atoms with Crippen molar-refractivity contribution in [2.45, 2.75) is 6.92 Å². The minimum atomic E-state index is 1.19. The molecule has 0 unspecified atom stereocenters. The van der Waals surface area contributed by atoms with Crippen LogP contribution in [0.3, 0.4) is 0 Å². The van der Waals surface area contributed by atoms with E-state index in [1.54, 1.807) is 0 Å². The average Bonchev–Trinajstić information content (AvgIpc) is 2.42. The summed E-state index contributed by atoms with van der Waals surface area (Å²) in [6.07, 6.45) is 6.14. The lowest BCUT2D eigenvalue weighted by molar-refractivity contribution is -0.674. The van der Waals surface area contributed by atoms with Crippen molar-refractivity contribution >= 4 is 0 Å². The summed E-state index contributed by atoms with van der Waals surface area (Å²) in [6.45, 7) is 2.12. The van der Waals surface area contributed by atoms with Crippen LogP contribution in [-0.4, -0.2) is 4.57 Å². The molecule has 0 amide bonds.